The molecule has 0 aromatic heterocycles. The lowest BCUT2D eigenvalue weighted by Crippen LogP contribution is -2.42. The summed E-state index contributed by atoms with van der Waals surface area (Å²) in [7, 11) is 0. The van der Waals surface area contributed by atoms with Crippen molar-refractivity contribution in [2.45, 2.75) is 19.5 Å². The van der Waals surface area contributed by atoms with E-state index in [4.69, 9.17) is 0 Å². The van der Waals surface area contributed by atoms with E-state index in [1.807, 2.05) is 60.7 Å². The summed E-state index contributed by atoms with van der Waals surface area (Å²) in [4.78, 5) is 26.5. The highest BCUT2D eigenvalue weighted by atomic mass is 16.2. The van der Waals surface area contributed by atoms with Crippen molar-refractivity contribution in [3.8, 4) is 0 Å². The number of hydrogen-bond donors (Lipinski definition) is 1. The van der Waals surface area contributed by atoms with Gasteiger partial charge in [0, 0.05) is 20.0 Å². The molecule has 24 heavy (non-hydrogen) atoms. The van der Waals surface area contributed by atoms with Gasteiger partial charge >= 0.3 is 0 Å². The average Bonchev–Trinajstić information content (AvgIpc) is 2.61. The molecule has 0 aliphatic rings. The number of amides is 2. The number of hydrogen-bond acceptors (Lipinski definition) is 2. The quantitative estimate of drug-likeness (QED) is 0.797. The minimum Gasteiger partial charge on any atom is -0.351 e. The van der Waals surface area contributed by atoms with Gasteiger partial charge in [0.1, 0.15) is 6.04 Å². The third-order valence-corrected chi connectivity index (χ3v) is 3.70. The first-order valence-electron chi connectivity index (χ1n) is 7.88. The van der Waals surface area contributed by atoms with Gasteiger partial charge in [0.25, 0.3) is 0 Å². The third-order valence-electron chi connectivity index (χ3n) is 3.70. The molecule has 4 nitrogen and oxygen atoms in total. The molecule has 0 radical (unpaired) electrons. The van der Waals surface area contributed by atoms with Crippen molar-refractivity contribution in [1.82, 2.24) is 10.2 Å². The SMILES string of the molecule is C=CCNC(=O)[C@@H](c1ccccc1)N(Cc1ccccc1)C(C)=O. The number of nitrogens with one attached hydrogen (secondary N) is 1. The van der Waals surface area contributed by atoms with E-state index in [9.17, 15) is 9.59 Å². The zero-order chi connectivity index (χ0) is 17.4. The van der Waals surface area contributed by atoms with Crippen molar-refractivity contribution in [2.24, 2.45) is 0 Å². The summed E-state index contributed by atoms with van der Waals surface area (Å²) < 4.78 is 0. The van der Waals surface area contributed by atoms with Crippen molar-refractivity contribution in [3.05, 3.63) is 84.4 Å². The Labute approximate surface area is 142 Å². The van der Waals surface area contributed by atoms with Gasteiger partial charge in [-0.1, -0.05) is 66.7 Å². The van der Waals surface area contributed by atoms with E-state index in [1.165, 1.54) is 6.92 Å². The van der Waals surface area contributed by atoms with Gasteiger partial charge in [-0.3, -0.25) is 9.59 Å². The highest BCUT2D eigenvalue weighted by molar-refractivity contribution is 5.88. The van der Waals surface area contributed by atoms with Gasteiger partial charge in [-0.05, 0) is 11.1 Å². The van der Waals surface area contributed by atoms with Crippen LogP contribution >= 0.6 is 0 Å². The van der Waals surface area contributed by atoms with E-state index >= 15 is 0 Å². The Morgan fingerprint density at radius 3 is 2.21 bits per heavy atom. The Kier molecular flexibility index (Phi) is 6.32. The predicted octanol–water partition coefficient (Wildman–Crippen LogP) is 3.08. The molecule has 0 aliphatic heterocycles. The standard InChI is InChI=1S/C20H22N2O2/c1-3-14-21-20(24)19(18-12-8-5-9-13-18)22(16(2)23)15-17-10-6-4-7-11-17/h3-13,19H,1,14-15H2,2H3,(H,21,24)/t19-/m1/s1. The summed E-state index contributed by atoms with van der Waals surface area (Å²) >= 11 is 0. The Morgan fingerprint density at radius 2 is 1.67 bits per heavy atom. The predicted molar refractivity (Wildman–Crippen MR) is 95.1 cm³/mol. The van der Waals surface area contributed by atoms with Gasteiger partial charge in [-0.15, -0.1) is 6.58 Å². The zero-order valence-electron chi connectivity index (χ0n) is 13.8. The summed E-state index contributed by atoms with van der Waals surface area (Å²) in [6.07, 6.45) is 1.62. The summed E-state index contributed by atoms with van der Waals surface area (Å²) in [5.74, 6) is -0.367. The van der Waals surface area contributed by atoms with Crippen LogP contribution in [0.3, 0.4) is 0 Å². The molecule has 2 rings (SSSR count). The molecule has 124 valence electrons. The maximum atomic E-state index is 12.7. The van der Waals surface area contributed by atoms with Gasteiger partial charge < -0.3 is 10.2 Å². The molecule has 1 N–H and O–H groups in total. The van der Waals surface area contributed by atoms with Gasteiger partial charge in [0.15, 0.2) is 0 Å². The molecule has 2 aromatic rings. The normalized spacial score (nSPS) is 11.4. The fraction of sp³-hybridized carbons (Fsp3) is 0.200. The van der Waals surface area contributed by atoms with Crippen LogP contribution in [0.4, 0.5) is 0 Å². The van der Waals surface area contributed by atoms with Gasteiger partial charge in [0.2, 0.25) is 11.8 Å². The smallest absolute Gasteiger partial charge is 0.247 e. The van der Waals surface area contributed by atoms with Crippen molar-refractivity contribution in [1.29, 1.82) is 0 Å². The fourth-order valence-electron chi connectivity index (χ4n) is 2.54. The Morgan fingerprint density at radius 1 is 1.08 bits per heavy atom. The van der Waals surface area contributed by atoms with Crippen LogP contribution in [0, 0.1) is 0 Å². The molecule has 2 amide bonds. The second kappa shape index (κ2) is 8.67. The molecule has 0 saturated carbocycles. The molecule has 0 spiro atoms. The number of rotatable bonds is 7. The van der Waals surface area contributed by atoms with E-state index in [1.54, 1.807) is 11.0 Å². The molecule has 4 heteroatoms. The number of benzene rings is 2. The number of carbonyl (C=O) groups excluding carboxylic acids is 2. The van der Waals surface area contributed by atoms with Crippen LogP contribution in [0.2, 0.25) is 0 Å². The first-order valence-corrected chi connectivity index (χ1v) is 7.88. The minimum absolute atomic E-state index is 0.151. The molecule has 0 bridgehead atoms. The molecule has 0 saturated heterocycles. The first kappa shape index (κ1) is 17.5. The lowest BCUT2D eigenvalue weighted by molar-refractivity contribution is -0.139. The van der Waals surface area contributed by atoms with Crippen LogP contribution in [0.15, 0.2) is 73.3 Å². The minimum atomic E-state index is -0.677. The molecule has 0 fully saturated rings. The van der Waals surface area contributed by atoms with Gasteiger partial charge in [-0.25, -0.2) is 0 Å². The van der Waals surface area contributed by atoms with Crippen LogP contribution < -0.4 is 5.32 Å². The molecular weight excluding hydrogens is 300 g/mol. The van der Waals surface area contributed by atoms with Crippen molar-refractivity contribution in [2.75, 3.05) is 6.54 Å². The Hall–Kier alpha value is -2.88. The lowest BCUT2D eigenvalue weighted by Gasteiger charge is -2.30. The van der Waals surface area contributed by atoms with Crippen molar-refractivity contribution >= 4 is 11.8 Å². The summed E-state index contributed by atoms with van der Waals surface area (Å²) in [5, 5.41) is 2.80. The van der Waals surface area contributed by atoms with Crippen LogP contribution in [0.25, 0.3) is 0 Å². The maximum Gasteiger partial charge on any atom is 0.247 e. The maximum absolute atomic E-state index is 12.7. The largest absolute Gasteiger partial charge is 0.351 e. The first-order chi connectivity index (χ1) is 11.6. The Bertz CT molecular complexity index is 683. The summed E-state index contributed by atoms with van der Waals surface area (Å²) in [6.45, 7) is 5.84. The van der Waals surface area contributed by atoms with Crippen molar-refractivity contribution in [3.63, 3.8) is 0 Å². The Balaban J connectivity index is 2.35. The summed E-state index contributed by atoms with van der Waals surface area (Å²) in [6, 6.07) is 18.3. The number of carbonyl (C=O) groups is 2. The molecule has 0 unspecified atom stereocenters. The molecular formula is C20H22N2O2. The highest BCUT2D eigenvalue weighted by Crippen LogP contribution is 2.23. The van der Waals surface area contributed by atoms with Crippen LogP contribution in [-0.2, 0) is 16.1 Å². The van der Waals surface area contributed by atoms with Gasteiger partial charge in [-0.2, -0.15) is 0 Å². The van der Waals surface area contributed by atoms with Crippen molar-refractivity contribution < 1.29 is 9.59 Å². The van der Waals surface area contributed by atoms with Crippen LogP contribution in [0.5, 0.6) is 0 Å². The number of nitrogens with zero attached hydrogens (tertiary/aromatic N) is 1. The average molecular weight is 322 g/mol. The van der Waals surface area contributed by atoms with Crippen LogP contribution in [-0.4, -0.2) is 23.3 Å². The topological polar surface area (TPSA) is 49.4 Å². The third kappa shape index (κ3) is 4.56. The molecule has 2 aromatic carbocycles. The molecule has 0 aliphatic carbocycles. The molecule has 0 heterocycles. The summed E-state index contributed by atoms with van der Waals surface area (Å²) in [5.41, 5.74) is 1.76. The van der Waals surface area contributed by atoms with E-state index in [0.717, 1.165) is 11.1 Å². The van der Waals surface area contributed by atoms with E-state index < -0.39 is 6.04 Å². The zero-order valence-corrected chi connectivity index (χ0v) is 13.8. The highest BCUT2D eigenvalue weighted by Gasteiger charge is 2.29. The van der Waals surface area contributed by atoms with Gasteiger partial charge in [0.05, 0.1) is 0 Å². The fourth-order valence-corrected chi connectivity index (χ4v) is 2.54. The second-order valence-corrected chi connectivity index (χ2v) is 5.48. The lowest BCUT2D eigenvalue weighted by atomic mass is 10.0. The van der Waals surface area contributed by atoms with E-state index in [2.05, 4.69) is 11.9 Å². The van der Waals surface area contributed by atoms with Crippen LogP contribution in [0.1, 0.15) is 24.1 Å². The van der Waals surface area contributed by atoms with E-state index in [0.29, 0.717) is 13.1 Å². The van der Waals surface area contributed by atoms with E-state index in [-0.39, 0.29) is 11.8 Å². The molecule has 1 atom stereocenters. The second-order valence-electron chi connectivity index (χ2n) is 5.48. The monoisotopic (exact) mass is 322 g/mol.